The van der Waals surface area contributed by atoms with Gasteiger partial charge in [0.1, 0.15) is 0 Å². The smallest absolute Gasteiger partial charge is 0.242 e. The minimum Gasteiger partial charge on any atom is -0.383 e. The first-order valence-electron chi connectivity index (χ1n) is 6.68. The summed E-state index contributed by atoms with van der Waals surface area (Å²) in [4.78, 5) is 14.4. The Balaban J connectivity index is 2.70. The number of carbonyl (C=O) groups excluding carboxylic acids is 1. The molecule has 1 aliphatic carbocycles. The van der Waals surface area contributed by atoms with E-state index in [1.54, 1.807) is 7.11 Å². The van der Waals surface area contributed by atoms with Crippen molar-refractivity contribution in [1.29, 1.82) is 0 Å². The summed E-state index contributed by atoms with van der Waals surface area (Å²) in [6, 6.07) is 0.290. The molecule has 0 atom stereocenters. The lowest BCUT2D eigenvalue weighted by molar-refractivity contribution is -0.143. The van der Waals surface area contributed by atoms with E-state index in [1.807, 2.05) is 4.90 Å². The summed E-state index contributed by atoms with van der Waals surface area (Å²) in [6.07, 6.45) is 4.68. The van der Waals surface area contributed by atoms with Crippen LogP contribution in [0.25, 0.3) is 0 Å². The number of amides is 1. The Hall–Kier alpha value is -0.610. The standard InChI is InChI=1S/C13H26N2O2/c1-4-11(5-2)15(9-10-17-3)12(16)13(14)7-6-8-13/h11H,4-10,14H2,1-3H3. The lowest BCUT2D eigenvalue weighted by Gasteiger charge is -2.43. The van der Waals surface area contributed by atoms with Crippen molar-refractivity contribution in [2.45, 2.75) is 57.5 Å². The van der Waals surface area contributed by atoms with Crippen molar-refractivity contribution in [2.24, 2.45) is 5.73 Å². The molecule has 100 valence electrons. The van der Waals surface area contributed by atoms with E-state index in [0.717, 1.165) is 32.1 Å². The number of methoxy groups -OCH3 is 1. The second-order valence-electron chi connectivity index (χ2n) is 4.97. The normalized spacial score (nSPS) is 17.9. The Morgan fingerprint density at radius 1 is 1.41 bits per heavy atom. The van der Waals surface area contributed by atoms with Crippen LogP contribution in [0, 0.1) is 0 Å². The molecule has 2 N–H and O–H groups in total. The van der Waals surface area contributed by atoms with Crippen LogP contribution in [0.4, 0.5) is 0 Å². The molecule has 17 heavy (non-hydrogen) atoms. The monoisotopic (exact) mass is 242 g/mol. The van der Waals surface area contributed by atoms with Crippen LogP contribution < -0.4 is 5.73 Å². The Morgan fingerprint density at radius 2 is 2.00 bits per heavy atom. The molecule has 0 aromatic heterocycles. The van der Waals surface area contributed by atoms with Crippen molar-refractivity contribution in [3.05, 3.63) is 0 Å². The fourth-order valence-electron chi connectivity index (χ4n) is 2.43. The zero-order chi connectivity index (χ0) is 12.9. The molecule has 0 aromatic carbocycles. The number of carbonyl (C=O) groups is 1. The maximum Gasteiger partial charge on any atom is 0.242 e. The summed E-state index contributed by atoms with van der Waals surface area (Å²) in [5.74, 6) is 0.120. The fourth-order valence-corrected chi connectivity index (χ4v) is 2.43. The molecule has 1 aliphatic rings. The average molecular weight is 242 g/mol. The van der Waals surface area contributed by atoms with Crippen molar-refractivity contribution >= 4 is 5.91 Å². The van der Waals surface area contributed by atoms with Gasteiger partial charge in [-0.15, -0.1) is 0 Å². The largest absolute Gasteiger partial charge is 0.383 e. The number of hydrogen-bond acceptors (Lipinski definition) is 3. The van der Waals surface area contributed by atoms with Gasteiger partial charge in [0, 0.05) is 19.7 Å². The number of hydrogen-bond donors (Lipinski definition) is 1. The molecule has 4 heteroatoms. The Kier molecular flexibility index (Phi) is 5.40. The van der Waals surface area contributed by atoms with Crippen LogP contribution in [0.15, 0.2) is 0 Å². The maximum absolute atomic E-state index is 12.5. The van der Waals surface area contributed by atoms with Crippen LogP contribution in [0.5, 0.6) is 0 Å². The number of nitrogens with zero attached hydrogens (tertiary/aromatic N) is 1. The van der Waals surface area contributed by atoms with E-state index < -0.39 is 5.54 Å². The first-order chi connectivity index (χ1) is 8.09. The summed E-state index contributed by atoms with van der Waals surface area (Å²) < 4.78 is 5.09. The Morgan fingerprint density at radius 3 is 2.35 bits per heavy atom. The Labute approximate surface area is 104 Å². The third-order valence-electron chi connectivity index (χ3n) is 3.85. The van der Waals surface area contributed by atoms with Crippen LogP contribution in [-0.4, -0.2) is 42.6 Å². The van der Waals surface area contributed by atoms with Crippen molar-refractivity contribution in [3.63, 3.8) is 0 Å². The molecule has 0 radical (unpaired) electrons. The molecule has 1 rings (SSSR count). The highest BCUT2D eigenvalue weighted by molar-refractivity contribution is 5.87. The van der Waals surface area contributed by atoms with Gasteiger partial charge >= 0.3 is 0 Å². The summed E-state index contributed by atoms with van der Waals surface area (Å²) >= 11 is 0. The van der Waals surface area contributed by atoms with E-state index in [-0.39, 0.29) is 5.91 Å². The van der Waals surface area contributed by atoms with Gasteiger partial charge in [-0.05, 0) is 32.1 Å². The van der Waals surface area contributed by atoms with Gasteiger partial charge in [0.05, 0.1) is 12.1 Å². The van der Waals surface area contributed by atoms with Gasteiger partial charge in [-0.3, -0.25) is 4.79 Å². The number of ether oxygens (including phenoxy) is 1. The van der Waals surface area contributed by atoms with Crippen molar-refractivity contribution in [3.8, 4) is 0 Å². The van der Waals surface area contributed by atoms with Gasteiger partial charge in [-0.25, -0.2) is 0 Å². The van der Waals surface area contributed by atoms with Crippen molar-refractivity contribution < 1.29 is 9.53 Å². The lowest BCUT2D eigenvalue weighted by atomic mass is 9.76. The minimum absolute atomic E-state index is 0.120. The van der Waals surface area contributed by atoms with E-state index >= 15 is 0 Å². The van der Waals surface area contributed by atoms with Crippen molar-refractivity contribution in [2.75, 3.05) is 20.3 Å². The number of rotatable bonds is 7. The van der Waals surface area contributed by atoms with Crippen LogP contribution >= 0.6 is 0 Å². The highest BCUT2D eigenvalue weighted by atomic mass is 16.5. The van der Waals surface area contributed by atoms with Crippen LogP contribution in [0.3, 0.4) is 0 Å². The molecular formula is C13H26N2O2. The van der Waals surface area contributed by atoms with Crippen molar-refractivity contribution in [1.82, 2.24) is 4.90 Å². The minimum atomic E-state index is -0.587. The lowest BCUT2D eigenvalue weighted by Crippen LogP contribution is -2.61. The molecule has 0 aliphatic heterocycles. The van der Waals surface area contributed by atoms with Crippen LogP contribution in [-0.2, 0) is 9.53 Å². The molecule has 1 saturated carbocycles. The molecule has 1 amide bonds. The highest BCUT2D eigenvalue weighted by Gasteiger charge is 2.43. The average Bonchev–Trinajstić information content (AvgIpc) is 2.30. The van der Waals surface area contributed by atoms with E-state index in [0.29, 0.717) is 19.2 Å². The Bertz CT molecular complexity index is 248. The van der Waals surface area contributed by atoms with Gasteiger partial charge in [0.2, 0.25) is 5.91 Å². The van der Waals surface area contributed by atoms with Gasteiger partial charge in [-0.1, -0.05) is 13.8 Å². The summed E-state index contributed by atoms with van der Waals surface area (Å²) in [7, 11) is 1.66. The molecule has 1 fully saturated rings. The van der Waals surface area contributed by atoms with Crippen LogP contribution in [0.2, 0.25) is 0 Å². The van der Waals surface area contributed by atoms with E-state index in [4.69, 9.17) is 10.5 Å². The van der Waals surface area contributed by atoms with E-state index in [9.17, 15) is 4.79 Å². The first-order valence-corrected chi connectivity index (χ1v) is 6.68. The van der Waals surface area contributed by atoms with Gasteiger partial charge < -0.3 is 15.4 Å². The topological polar surface area (TPSA) is 55.6 Å². The molecular weight excluding hydrogens is 216 g/mol. The van der Waals surface area contributed by atoms with Gasteiger partial charge in [-0.2, -0.15) is 0 Å². The molecule has 4 nitrogen and oxygen atoms in total. The first kappa shape index (κ1) is 14.5. The van der Waals surface area contributed by atoms with Crippen LogP contribution in [0.1, 0.15) is 46.0 Å². The molecule has 0 spiro atoms. The quantitative estimate of drug-likeness (QED) is 0.736. The fraction of sp³-hybridized carbons (Fsp3) is 0.923. The van der Waals surface area contributed by atoms with E-state index in [2.05, 4.69) is 13.8 Å². The molecule has 0 bridgehead atoms. The van der Waals surface area contributed by atoms with Gasteiger partial charge in [0.15, 0.2) is 0 Å². The molecule has 0 unspecified atom stereocenters. The van der Waals surface area contributed by atoms with E-state index in [1.165, 1.54) is 0 Å². The molecule has 0 aromatic rings. The second kappa shape index (κ2) is 6.36. The zero-order valence-electron chi connectivity index (χ0n) is 11.4. The third-order valence-corrected chi connectivity index (χ3v) is 3.85. The molecule has 0 saturated heterocycles. The predicted octanol–water partition coefficient (Wildman–Crippen LogP) is 1.53. The van der Waals surface area contributed by atoms with Gasteiger partial charge in [0.25, 0.3) is 0 Å². The summed E-state index contributed by atoms with van der Waals surface area (Å²) in [5, 5.41) is 0. The number of nitrogens with two attached hydrogens (primary N) is 1. The zero-order valence-corrected chi connectivity index (χ0v) is 11.4. The maximum atomic E-state index is 12.5. The molecule has 0 heterocycles. The highest BCUT2D eigenvalue weighted by Crippen LogP contribution is 2.32. The summed E-state index contributed by atoms with van der Waals surface area (Å²) in [5.41, 5.74) is 5.55. The summed E-state index contributed by atoms with van der Waals surface area (Å²) in [6.45, 7) is 5.47. The second-order valence-corrected chi connectivity index (χ2v) is 4.97. The SMILES string of the molecule is CCC(CC)N(CCOC)C(=O)C1(N)CCC1. The third kappa shape index (κ3) is 3.19. The predicted molar refractivity (Wildman–Crippen MR) is 68.7 cm³/mol.